The summed E-state index contributed by atoms with van der Waals surface area (Å²) in [6, 6.07) is 19.7. The molecule has 3 aromatic rings. The van der Waals surface area contributed by atoms with Crippen molar-refractivity contribution in [1.82, 2.24) is 10.7 Å². The quantitative estimate of drug-likeness (QED) is 0.164. The molecule has 0 saturated carbocycles. The zero-order valence-electron chi connectivity index (χ0n) is 19.8. The molecule has 0 radical (unpaired) electrons. The molecule has 3 N–H and O–H groups in total. The van der Waals surface area contributed by atoms with E-state index >= 15 is 0 Å². The van der Waals surface area contributed by atoms with Crippen molar-refractivity contribution in [2.45, 2.75) is 13.8 Å². The van der Waals surface area contributed by atoms with Crippen molar-refractivity contribution >= 4 is 61.7 Å². The molecule has 0 spiro atoms. The van der Waals surface area contributed by atoms with Crippen LogP contribution in [0.15, 0.2) is 86.5 Å². The zero-order chi connectivity index (χ0) is 26.1. The standard InChI is InChI=1S/C27H26Br2N4O3/c1-3-33(4-2)22-12-10-18(11-13-22)14-24(31-26(35)19-8-6-5-7-9-19)27(36)32-30-17-20-15-21(28)16-23(29)25(20)34/h5-17,34H,3-4H2,1-2H3,(H,31,35)(H,32,36)/b24-14+,30-17+. The molecule has 0 aliphatic heterocycles. The van der Waals surface area contributed by atoms with Crippen LogP contribution >= 0.6 is 31.9 Å². The van der Waals surface area contributed by atoms with E-state index in [4.69, 9.17) is 0 Å². The second kappa shape index (κ2) is 13.0. The molecular formula is C27H26Br2N4O3. The number of hydrogen-bond donors (Lipinski definition) is 3. The summed E-state index contributed by atoms with van der Waals surface area (Å²) >= 11 is 6.61. The molecule has 0 aromatic heterocycles. The van der Waals surface area contributed by atoms with E-state index in [-0.39, 0.29) is 11.4 Å². The van der Waals surface area contributed by atoms with E-state index in [2.05, 4.69) is 66.5 Å². The summed E-state index contributed by atoms with van der Waals surface area (Å²) < 4.78 is 1.21. The van der Waals surface area contributed by atoms with Crippen LogP contribution in [0.3, 0.4) is 0 Å². The first-order valence-electron chi connectivity index (χ1n) is 11.3. The number of phenolic OH excluding ortho intramolecular Hbond substituents is 1. The van der Waals surface area contributed by atoms with E-state index < -0.39 is 11.8 Å². The minimum Gasteiger partial charge on any atom is -0.506 e. The molecule has 36 heavy (non-hydrogen) atoms. The summed E-state index contributed by atoms with van der Waals surface area (Å²) in [5.74, 6) is -1.05. The Balaban J connectivity index is 1.85. The van der Waals surface area contributed by atoms with Crippen molar-refractivity contribution in [3.05, 3.63) is 98.1 Å². The van der Waals surface area contributed by atoms with Crippen molar-refractivity contribution in [3.8, 4) is 5.75 Å². The van der Waals surface area contributed by atoms with E-state index in [9.17, 15) is 14.7 Å². The van der Waals surface area contributed by atoms with Crippen LogP contribution in [0, 0.1) is 0 Å². The SMILES string of the molecule is CCN(CC)c1ccc(/C=C(/NC(=O)c2ccccc2)C(=O)N/N=C/c2cc(Br)cc(Br)c2O)cc1. The molecule has 0 aliphatic rings. The number of rotatable bonds is 9. The normalized spacial score (nSPS) is 11.4. The molecule has 2 amide bonds. The summed E-state index contributed by atoms with van der Waals surface area (Å²) in [7, 11) is 0. The maximum atomic E-state index is 13.0. The highest BCUT2D eigenvalue weighted by molar-refractivity contribution is 9.11. The molecule has 0 unspecified atom stereocenters. The first kappa shape index (κ1) is 27.2. The number of halogens is 2. The van der Waals surface area contributed by atoms with Crippen LogP contribution in [0.1, 0.15) is 35.3 Å². The number of anilines is 1. The first-order valence-corrected chi connectivity index (χ1v) is 12.9. The molecule has 0 fully saturated rings. The van der Waals surface area contributed by atoms with Crippen LogP contribution in [-0.2, 0) is 4.79 Å². The third kappa shape index (κ3) is 7.29. The van der Waals surface area contributed by atoms with E-state index in [0.29, 0.717) is 15.6 Å². The second-order valence-electron chi connectivity index (χ2n) is 7.67. The highest BCUT2D eigenvalue weighted by atomic mass is 79.9. The third-order valence-electron chi connectivity index (χ3n) is 5.29. The maximum Gasteiger partial charge on any atom is 0.287 e. The van der Waals surface area contributed by atoms with E-state index in [0.717, 1.165) is 28.8 Å². The Kier molecular flexibility index (Phi) is 9.84. The predicted octanol–water partition coefficient (Wildman–Crippen LogP) is 5.68. The van der Waals surface area contributed by atoms with E-state index in [1.54, 1.807) is 42.5 Å². The van der Waals surface area contributed by atoms with Gasteiger partial charge in [-0.05, 0) is 77.8 Å². The van der Waals surface area contributed by atoms with Gasteiger partial charge in [-0.15, -0.1) is 0 Å². The van der Waals surface area contributed by atoms with Gasteiger partial charge in [0.25, 0.3) is 11.8 Å². The van der Waals surface area contributed by atoms with Crippen LogP contribution < -0.4 is 15.6 Å². The Morgan fingerprint density at radius 2 is 1.67 bits per heavy atom. The average Bonchev–Trinajstić information content (AvgIpc) is 2.88. The summed E-state index contributed by atoms with van der Waals surface area (Å²) in [5, 5.41) is 16.8. The highest BCUT2D eigenvalue weighted by Crippen LogP contribution is 2.30. The fraction of sp³-hybridized carbons (Fsp3) is 0.148. The van der Waals surface area contributed by atoms with Gasteiger partial charge in [0.2, 0.25) is 0 Å². The smallest absolute Gasteiger partial charge is 0.287 e. The van der Waals surface area contributed by atoms with Crippen LogP contribution in [0.5, 0.6) is 5.75 Å². The second-order valence-corrected chi connectivity index (χ2v) is 9.44. The minimum absolute atomic E-state index is 0.0161. The van der Waals surface area contributed by atoms with Crippen molar-refractivity contribution in [2.24, 2.45) is 5.10 Å². The van der Waals surface area contributed by atoms with Gasteiger partial charge in [-0.2, -0.15) is 5.10 Å². The van der Waals surface area contributed by atoms with Crippen molar-refractivity contribution in [2.75, 3.05) is 18.0 Å². The maximum absolute atomic E-state index is 13.0. The number of amides is 2. The lowest BCUT2D eigenvalue weighted by atomic mass is 10.1. The molecule has 0 saturated heterocycles. The number of aromatic hydroxyl groups is 1. The van der Waals surface area contributed by atoms with Gasteiger partial charge in [0.15, 0.2) is 0 Å². The number of nitrogens with zero attached hydrogens (tertiary/aromatic N) is 2. The van der Waals surface area contributed by atoms with Crippen LogP contribution in [-0.4, -0.2) is 36.2 Å². The van der Waals surface area contributed by atoms with Crippen LogP contribution in [0.2, 0.25) is 0 Å². The number of carbonyl (C=O) groups excluding carboxylic acids is 2. The Hall–Kier alpha value is -3.43. The van der Waals surface area contributed by atoms with Gasteiger partial charge >= 0.3 is 0 Å². The molecule has 0 atom stereocenters. The van der Waals surface area contributed by atoms with Gasteiger partial charge in [0, 0.05) is 34.4 Å². The summed E-state index contributed by atoms with van der Waals surface area (Å²) in [4.78, 5) is 28.0. The third-order valence-corrected chi connectivity index (χ3v) is 6.35. The van der Waals surface area contributed by atoms with Gasteiger partial charge in [0.1, 0.15) is 11.4 Å². The zero-order valence-corrected chi connectivity index (χ0v) is 23.0. The van der Waals surface area contributed by atoms with Gasteiger partial charge in [-0.25, -0.2) is 5.43 Å². The largest absolute Gasteiger partial charge is 0.506 e. The molecule has 0 bridgehead atoms. The fourth-order valence-electron chi connectivity index (χ4n) is 3.38. The number of hydrogen-bond acceptors (Lipinski definition) is 5. The topological polar surface area (TPSA) is 94.0 Å². The monoisotopic (exact) mass is 612 g/mol. The Morgan fingerprint density at radius 3 is 2.31 bits per heavy atom. The lowest BCUT2D eigenvalue weighted by molar-refractivity contribution is -0.117. The number of carbonyl (C=O) groups is 2. The van der Waals surface area contributed by atoms with Gasteiger partial charge in [-0.1, -0.05) is 46.3 Å². The first-order chi connectivity index (χ1) is 17.3. The number of phenols is 1. The molecular weight excluding hydrogens is 588 g/mol. The summed E-state index contributed by atoms with van der Waals surface area (Å²) in [5.41, 5.74) is 5.06. The lowest BCUT2D eigenvalue weighted by Crippen LogP contribution is -2.32. The Bertz CT molecular complexity index is 1270. The van der Waals surface area contributed by atoms with Gasteiger partial charge < -0.3 is 15.3 Å². The number of hydrazone groups is 1. The molecule has 0 heterocycles. The minimum atomic E-state index is -0.614. The summed E-state index contributed by atoms with van der Waals surface area (Å²) in [6.45, 7) is 5.95. The van der Waals surface area contributed by atoms with Crippen molar-refractivity contribution in [3.63, 3.8) is 0 Å². The Labute approximate surface area is 227 Å². The Morgan fingerprint density at radius 1 is 1.00 bits per heavy atom. The van der Waals surface area contributed by atoms with Crippen molar-refractivity contribution in [1.29, 1.82) is 0 Å². The molecule has 0 aliphatic carbocycles. The highest BCUT2D eigenvalue weighted by Gasteiger charge is 2.15. The molecule has 7 nitrogen and oxygen atoms in total. The van der Waals surface area contributed by atoms with Gasteiger partial charge in [0.05, 0.1) is 10.7 Å². The van der Waals surface area contributed by atoms with Crippen LogP contribution in [0.4, 0.5) is 5.69 Å². The summed E-state index contributed by atoms with van der Waals surface area (Å²) in [6.07, 6.45) is 2.91. The number of nitrogens with one attached hydrogen (secondary N) is 2. The van der Waals surface area contributed by atoms with E-state index in [1.807, 2.05) is 30.3 Å². The fourth-order valence-corrected chi connectivity index (χ4v) is 4.64. The van der Waals surface area contributed by atoms with Crippen molar-refractivity contribution < 1.29 is 14.7 Å². The lowest BCUT2D eigenvalue weighted by Gasteiger charge is -2.21. The molecule has 186 valence electrons. The van der Waals surface area contributed by atoms with Gasteiger partial charge in [-0.3, -0.25) is 9.59 Å². The number of benzene rings is 3. The van der Waals surface area contributed by atoms with E-state index in [1.165, 1.54) is 6.21 Å². The predicted molar refractivity (Wildman–Crippen MR) is 151 cm³/mol. The molecule has 3 aromatic carbocycles. The van der Waals surface area contributed by atoms with Crippen LogP contribution in [0.25, 0.3) is 6.08 Å². The molecule has 9 heteroatoms. The average molecular weight is 614 g/mol. The molecule has 3 rings (SSSR count).